The molecule has 345 valence electrons. The molecule has 2 aromatic carbocycles. The van der Waals surface area contributed by atoms with Gasteiger partial charge in [0.25, 0.3) is 0 Å². The van der Waals surface area contributed by atoms with Crippen molar-refractivity contribution < 1.29 is 100 Å². The summed E-state index contributed by atoms with van der Waals surface area (Å²) in [6.45, 7) is 21.4. The Balaban J connectivity index is -0.000000194. The summed E-state index contributed by atoms with van der Waals surface area (Å²) in [4.78, 5) is 17.0. The number of aliphatic carboxylic acids is 1. The van der Waals surface area contributed by atoms with E-state index in [4.69, 9.17) is 20.1 Å². The molecule has 17 heteroatoms. The fourth-order valence-corrected chi connectivity index (χ4v) is 4.41. The van der Waals surface area contributed by atoms with Crippen molar-refractivity contribution in [3.05, 3.63) is 57.6 Å². The van der Waals surface area contributed by atoms with Crippen LogP contribution in [0.3, 0.4) is 0 Å². The molecule has 1 radical (unpaired) electrons. The van der Waals surface area contributed by atoms with Crippen LogP contribution in [0, 0.1) is 0 Å². The number of hydrogen-bond acceptors (Lipinski definition) is 14. The van der Waals surface area contributed by atoms with E-state index in [0.29, 0.717) is 22.3 Å². The van der Waals surface area contributed by atoms with E-state index in [1.54, 1.807) is 12.1 Å². The number of hydrogen-bond donors (Lipinski definition) is 6. The fraction of sp³-hybridized carbons (Fsp3) is 0.643. The van der Waals surface area contributed by atoms with Crippen molar-refractivity contribution in [3.8, 4) is 11.5 Å². The summed E-state index contributed by atoms with van der Waals surface area (Å²) in [7, 11) is 2.00. The number of carbonyl (C=O) groups excluding carboxylic acids is 1. The first-order valence-corrected chi connectivity index (χ1v) is 18.0. The van der Waals surface area contributed by atoms with E-state index in [-0.39, 0.29) is 72.2 Å². The minimum absolute atomic E-state index is 0. The van der Waals surface area contributed by atoms with Gasteiger partial charge in [0.1, 0.15) is 0 Å². The van der Waals surface area contributed by atoms with Gasteiger partial charge in [0.05, 0.1) is 37.5 Å². The number of aliphatic imine (C=N–C) groups is 2. The summed E-state index contributed by atoms with van der Waals surface area (Å²) in [5, 5.41) is 108. The predicted octanol–water partition coefficient (Wildman–Crippen LogP) is -1.14. The Bertz CT molecular complexity index is 1390. The first-order chi connectivity index (χ1) is 25.5. The van der Waals surface area contributed by atoms with Crippen LogP contribution in [-0.2, 0) is 60.0 Å². The molecule has 0 saturated heterocycles. The van der Waals surface area contributed by atoms with Crippen molar-refractivity contribution in [2.24, 2.45) is 9.98 Å². The third-order valence-electron chi connectivity index (χ3n) is 8.25. The molecule has 0 bridgehead atoms. The number of nitrogens with zero attached hydrogens (tertiary/aromatic N) is 2. The second-order valence-electron chi connectivity index (χ2n) is 17.3. The van der Waals surface area contributed by atoms with Crippen molar-refractivity contribution in [2.75, 3.05) is 53.9 Å². The smallest absolute Gasteiger partial charge is 0.872 e. The van der Waals surface area contributed by atoms with Crippen LogP contribution in [0.15, 0.2) is 34.3 Å². The van der Waals surface area contributed by atoms with Crippen LogP contribution in [-0.4, -0.2) is 119 Å². The van der Waals surface area contributed by atoms with Crippen molar-refractivity contribution in [1.82, 2.24) is 0 Å². The molecule has 2 rings (SSSR count). The van der Waals surface area contributed by atoms with E-state index in [1.165, 1.54) is 12.4 Å². The molecule has 2 aromatic rings. The van der Waals surface area contributed by atoms with Gasteiger partial charge in [0.2, 0.25) is 0 Å². The topological polar surface area (TPSA) is 310 Å². The van der Waals surface area contributed by atoms with Crippen LogP contribution in [0.25, 0.3) is 0 Å². The van der Waals surface area contributed by atoms with Gasteiger partial charge >= 0.3 is 33.6 Å². The Morgan fingerprint density at radius 3 is 0.949 bits per heavy atom. The van der Waals surface area contributed by atoms with E-state index in [0.717, 1.165) is 32.3 Å². The minimum Gasteiger partial charge on any atom is -0.872 e. The molecule has 0 aliphatic heterocycles. The minimum atomic E-state index is -1.49. The van der Waals surface area contributed by atoms with E-state index >= 15 is 0 Å². The van der Waals surface area contributed by atoms with Gasteiger partial charge in [0, 0.05) is 32.6 Å². The van der Waals surface area contributed by atoms with Gasteiger partial charge in [-0.3, -0.25) is 9.98 Å². The first-order valence-electron chi connectivity index (χ1n) is 18.0. The van der Waals surface area contributed by atoms with Gasteiger partial charge < -0.3 is 66.4 Å². The largest absolute Gasteiger partial charge is 3.00 e. The Kier molecular flexibility index (Phi) is 34.4. The predicted molar refractivity (Wildman–Crippen MR) is 216 cm³/mol. The molecular weight excluding hydrogens is 858 g/mol. The molecule has 0 amide bonds. The van der Waals surface area contributed by atoms with Gasteiger partial charge in [-0.2, -0.15) is 0 Å². The first kappa shape index (κ1) is 68.2. The fourth-order valence-electron chi connectivity index (χ4n) is 4.41. The Morgan fingerprint density at radius 2 is 0.797 bits per heavy atom. The molecule has 0 aromatic heterocycles. The van der Waals surface area contributed by atoms with Gasteiger partial charge in [-0.15, -0.1) is 13.2 Å². The standard InChI is InChI=1S/2C19H30NO4.C2H4O2.2CH4O.2Co.H2O/c2*1-17(2,3)14-7-13(9-20-19(10-21,11-22)12-23)16(24)15(8-14)18(4,5)6;1-2(3)4;2*1-2;;;/h2*7-9,21-22,24H,10-12H2,1-6H3;1H3,(H,3,4);2*2H,1H3;;;1H2/q2*-1;;;;+2;+3;/p-3. The number of carbonyl (C=O) groups is 1. The summed E-state index contributed by atoms with van der Waals surface area (Å²) < 4.78 is 0. The molecule has 0 saturated carbocycles. The number of aliphatic hydroxyl groups excluding tert-OH is 6. The van der Waals surface area contributed by atoms with Crippen LogP contribution in [0.1, 0.15) is 123 Å². The van der Waals surface area contributed by atoms with Crippen LogP contribution in [0.5, 0.6) is 11.5 Å². The van der Waals surface area contributed by atoms with E-state index in [9.17, 15) is 40.9 Å². The number of benzene rings is 2. The van der Waals surface area contributed by atoms with Crippen molar-refractivity contribution >= 4 is 18.4 Å². The summed E-state index contributed by atoms with van der Waals surface area (Å²) in [5.74, 6) is -1.37. The summed E-state index contributed by atoms with van der Waals surface area (Å²) in [5.41, 5.74) is 0.129. The average Bonchev–Trinajstić information content (AvgIpc) is 3.11. The molecule has 0 fully saturated rings. The SMILES string of the molecule is CC(=O)[O-].CC(C)(C)c1cc(C=NC(C[O-])(CO)CO)c([O-])c(C(C)(C)C)c1.CC(C)(C)c1cc(C=NC(C[O-])(CO)CO)c([O-])c(C(C)(C)C)c1.CO.CO.O.[Co+2].[Co+3]. The van der Waals surface area contributed by atoms with Crippen LogP contribution >= 0.6 is 0 Å². The Morgan fingerprint density at radius 1 is 0.576 bits per heavy atom. The van der Waals surface area contributed by atoms with Crippen LogP contribution < -0.4 is 25.5 Å². The molecule has 0 heterocycles. The Labute approximate surface area is 372 Å². The summed E-state index contributed by atoms with van der Waals surface area (Å²) in [6, 6.07) is 7.40. The zero-order chi connectivity index (χ0) is 45.1. The van der Waals surface area contributed by atoms with Crippen molar-refractivity contribution in [3.63, 3.8) is 0 Å². The van der Waals surface area contributed by atoms with Crippen LogP contribution in [0.2, 0.25) is 0 Å². The van der Waals surface area contributed by atoms with Crippen molar-refractivity contribution in [2.45, 2.75) is 123 Å². The number of carboxylic acids is 1. The molecule has 15 nitrogen and oxygen atoms in total. The third-order valence-corrected chi connectivity index (χ3v) is 8.25. The monoisotopic (exact) mass is 929 g/mol. The van der Waals surface area contributed by atoms with E-state index in [2.05, 4.69) is 51.5 Å². The molecule has 8 N–H and O–H groups in total. The number of rotatable bonds is 10. The normalized spacial score (nSPS) is 11.8. The zero-order valence-corrected chi connectivity index (χ0v) is 39.5. The maximum Gasteiger partial charge on any atom is 3.00 e. The average molecular weight is 930 g/mol. The molecule has 0 aliphatic carbocycles. The molecular formula is C42H71Co2N2O13. The van der Waals surface area contributed by atoms with E-state index < -0.39 is 56.7 Å². The molecule has 0 atom stereocenters. The maximum absolute atomic E-state index is 12.8. The summed E-state index contributed by atoms with van der Waals surface area (Å²) >= 11 is 0. The van der Waals surface area contributed by atoms with Crippen molar-refractivity contribution in [1.29, 1.82) is 0 Å². The number of carboxylic acid groups (broad SMARTS) is 1. The number of aliphatic hydroxyl groups is 6. The second kappa shape index (κ2) is 29.7. The molecule has 0 unspecified atom stereocenters. The van der Waals surface area contributed by atoms with Gasteiger partial charge in [-0.05, 0) is 62.0 Å². The van der Waals surface area contributed by atoms with Gasteiger partial charge in [-0.25, -0.2) is 0 Å². The maximum atomic E-state index is 12.8. The van der Waals surface area contributed by atoms with Gasteiger partial charge in [-0.1, -0.05) is 119 Å². The van der Waals surface area contributed by atoms with Gasteiger partial charge in [0.15, 0.2) is 0 Å². The van der Waals surface area contributed by atoms with E-state index in [1.807, 2.05) is 53.7 Å². The molecule has 0 spiro atoms. The third kappa shape index (κ3) is 22.8. The quantitative estimate of drug-likeness (QED) is 0.154. The molecule has 59 heavy (non-hydrogen) atoms. The molecule has 0 aliphatic rings. The zero-order valence-electron chi connectivity index (χ0n) is 37.4. The Hall–Kier alpha value is -2.50. The van der Waals surface area contributed by atoms with Crippen LogP contribution in [0.4, 0.5) is 0 Å². The second-order valence-corrected chi connectivity index (χ2v) is 17.3. The summed E-state index contributed by atoms with van der Waals surface area (Å²) in [6.07, 6.45) is 2.63.